The predicted molar refractivity (Wildman–Crippen MR) is 282 cm³/mol. The van der Waals surface area contributed by atoms with Crippen LogP contribution in [0.25, 0.3) is 104 Å². The van der Waals surface area contributed by atoms with Crippen molar-refractivity contribution < 1.29 is 0 Å². The van der Waals surface area contributed by atoms with Gasteiger partial charge in [0.05, 0.1) is 11.0 Å². The van der Waals surface area contributed by atoms with Gasteiger partial charge in [-0.05, 0) is 155 Å². The van der Waals surface area contributed by atoms with Crippen LogP contribution in [0.5, 0.6) is 0 Å². The summed E-state index contributed by atoms with van der Waals surface area (Å²) in [4.78, 5) is 2.37. The molecule has 2 heteroatoms. The number of rotatable bonds is 7. The molecule has 13 aromatic rings. The number of hydrogen-bond acceptors (Lipinski definition) is 1. The molecule has 0 saturated carbocycles. The molecule has 0 unspecified atom stereocenters. The number of anilines is 3. The Morgan fingerprint density at radius 3 is 1.08 bits per heavy atom. The Morgan fingerprint density at radius 1 is 0.227 bits per heavy atom. The highest BCUT2D eigenvalue weighted by atomic mass is 15.1. The second-order valence-corrected chi connectivity index (χ2v) is 17.3. The minimum atomic E-state index is 1.09. The van der Waals surface area contributed by atoms with Gasteiger partial charge in [0.15, 0.2) is 0 Å². The fourth-order valence-corrected chi connectivity index (χ4v) is 10.2. The molecule has 2 nitrogen and oxygen atoms in total. The lowest BCUT2D eigenvalue weighted by Crippen LogP contribution is -2.09. The minimum absolute atomic E-state index is 1.09. The first-order valence-corrected chi connectivity index (χ1v) is 22.7. The van der Waals surface area contributed by atoms with E-state index < -0.39 is 0 Å². The van der Waals surface area contributed by atoms with E-state index >= 15 is 0 Å². The summed E-state index contributed by atoms with van der Waals surface area (Å²) in [5, 5.41) is 12.6. The van der Waals surface area contributed by atoms with Crippen LogP contribution in [0.2, 0.25) is 0 Å². The second kappa shape index (κ2) is 15.5. The van der Waals surface area contributed by atoms with Gasteiger partial charge in [-0.3, -0.25) is 0 Å². The molecule has 66 heavy (non-hydrogen) atoms. The molecule has 308 valence electrons. The number of benzene rings is 12. The lowest BCUT2D eigenvalue weighted by Gasteiger charge is -2.26. The highest BCUT2D eigenvalue weighted by molar-refractivity contribution is 6.11. The van der Waals surface area contributed by atoms with Gasteiger partial charge in [0.2, 0.25) is 0 Å². The number of fused-ring (bicyclic) bond motifs is 9. The van der Waals surface area contributed by atoms with Crippen molar-refractivity contribution in [2.75, 3.05) is 4.90 Å². The van der Waals surface area contributed by atoms with Gasteiger partial charge in [-0.25, -0.2) is 0 Å². The molecule has 1 aromatic heterocycles. The molecular formula is C64H42N2. The van der Waals surface area contributed by atoms with Crippen molar-refractivity contribution in [2.24, 2.45) is 0 Å². The van der Waals surface area contributed by atoms with Crippen molar-refractivity contribution in [1.82, 2.24) is 4.57 Å². The smallest absolute Gasteiger partial charge is 0.0541 e. The molecule has 0 atom stereocenters. The highest BCUT2D eigenvalue weighted by Crippen LogP contribution is 2.40. The summed E-state index contributed by atoms with van der Waals surface area (Å²) in [5.74, 6) is 0. The molecule has 0 aliphatic heterocycles. The fourth-order valence-electron chi connectivity index (χ4n) is 10.2. The lowest BCUT2D eigenvalue weighted by atomic mass is 9.96. The van der Waals surface area contributed by atoms with Crippen LogP contribution in [0.3, 0.4) is 0 Å². The quantitative estimate of drug-likeness (QED) is 0.145. The Morgan fingerprint density at radius 2 is 0.576 bits per heavy atom. The zero-order chi connectivity index (χ0) is 43.6. The minimum Gasteiger partial charge on any atom is -0.311 e. The van der Waals surface area contributed by atoms with Crippen LogP contribution in [0, 0.1) is 0 Å². The molecule has 0 amide bonds. The molecular weight excluding hydrogens is 797 g/mol. The first kappa shape index (κ1) is 37.8. The van der Waals surface area contributed by atoms with E-state index in [1.54, 1.807) is 0 Å². The first-order valence-electron chi connectivity index (χ1n) is 22.7. The molecule has 12 aromatic carbocycles. The van der Waals surface area contributed by atoms with Crippen LogP contribution in [0.1, 0.15) is 0 Å². The molecule has 0 radical (unpaired) electrons. The summed E-state index contributed by atoms with van der Waals surface area (Å²) >= 11 is 0. The maximum Gasteiger partial charge on any atom is 0.0541 e. The molecule has 0 bridgehead atoms. The van der Waals surface area contributed by atoms with E-state index in [0.29, 0.717) is 0 Å². The van der Waals surface area contributed by atoms with Crippen molar-refractivity contribution in [3.63, 3.8) is 0 Å². The summed E-state index contributed by atoms with van der Waals surface area (Å²) < 4.78 is 2.37. The summed E-state index contributed by atoms with van der Waals surface area (Å²) in [6.45, 7) is 0. The Labute approximate surface area is 383 Å². The number of hydrogen-bond donors (Lipinski definition) is 0. The van der Waals surface area contributed by atoms with Gasteiger partial charge in [-0.1, -0.05) is 176 Å². The van der Waals surface area contributed by atoms with Crippen LogP contribution < -0.4 is 4.90 Å². The summed E-state index contributed by atoms with van der Waals surface area (Å²) in [6, 6.07) is 93.3. The Kier molecular flexibility index (Phi) is 8.89. The zero-order valence-electron chi connectivity index (χ0n) is 36.1. The second-order valence-electron chi connectivity index (χ2n) is 17.3. The third-order valence-electron chi connectivity index (χ3n) is 13.6. The largest absolute Gasteiger partial charge is 0.311 e. The molecule has 0 aliphatic carbocycles. The van der Waals surface area contributed by atoms with Crippen LogP contribution in [-0.2, 0) is 0 Å². The SMILES string of the molecule is c1ccc(-n2c3ccccc3c3cc(-c4ccc(N(c5ccc(-c6ccc7ccc8ccccc8c7c6)cc5)c5ccc(-c6ccc7ccc8ccccc8c7c6)cc5)cc4)ccc32)cc1. The van der Waals surface area contributed by atoms with E-state index in [2.05, 4.69) is 264 Å². The molecule has 0 aliphatic rings. The summed E-state index contributed by atoms with van der Waals surface area (Å²) in [5.41, 5.74) is 14.0. The lowest BCUT2D eigenvalue weighted by molar-refractivity contribution is 1.18. The van der Waals surface area contributed by atoms with Gasteiger partial charge in [-0.15, -0.1) is 0 Å². The summed E-state index contributed by atoms with van der Waals surface area (Å²) in [6.07, 6.45) is 0. The fraction of sp³-hybridized carbons (Fsp3) is 0. The maximum absolute atomic E-state index is 2.37. The zero-order valence-corrected chi connectivity index (χ0v) is 36.1. The number of para-hydroxylation sites is 2. The maximum atomic E-state index is 2.37. The Bertz CT molecular complexity index is 3790. The van der Waals surface area contributed by atoms with Gasteiger partial charge in [0.25, 0.3) is 0 Å². The molecule has 0 spiro atoms. The van der Waals surface area contributed by atoms with Crippen molar-refractivity contribution in [3.05, 3.63) is 255 Å². The average Bonchev–Trinajstić information content (AvgIpc) is 3.73. The predicted octanol–water partition coefficient (Wildman–Crippen LogP) is 17.9. The first-order chi connectivity index (χ1) is 32.7. The van der Waals surface area contributed by atoms with E-state index in [-0.39, 0.29) is 0 Å². The number of nitrogens with zero attached hydrogens (tertiary/aromatic N) is 2. The summed E-state index contributed by atoms with van der Waals surface area (Å²) in [7, 11) is 0. The highest BCUT2D eigenvalue weighted by Gasteiger charge is 2.17. The van der Waals surface area contributed by atoms with Gasteiger partial charge < -0.3 is 9.47 Å². The standard InChI is InChI=1S/C64H42N2/c1-2-12-53(13-3-1)66-63-17-9-8-16-59(63)62-42-52(32-39-64(62)66)45-30-37-56(38-31-45)65(54-33-26-43(27-34-54)50-24-22-48-20-18-46-10-4-6-14-57(46)60(48)40-50)55-35-28-44(29-36-55)51-25-23-49-21-19-47-11-5-7-15-58(47)61(49)41-51/h1-42H. The normalized spacial score (nSPS) is 11.6. The molecule has 0 N–H and O–H groups in total. The molecule has 1 heterocycles. The van der Waals surface area contributed by atoms with Crippen molar-refractivity contribution >= 4 is 82.0 Å². The van der Waals surface area contributed by atoms with E-state index in [4.69, 9.17) is 0 Å². The van der Waals surface area contributed by atoms with Crippen molar-refractivity contribution in [1.29, 1.82) is 0 Å². The molecule has 0 fully saturated rings. The van der Waals surface area contributed by atoms with E-state index in [0.717, 1.165) is 17.1 Å². The monoisotopic (exact) mass is 838 g/mol. The van der Waals surface area contributed by atoms with Crippen LogP contribution in [0.4, 0.5) is 17.1 Å². The van der Waals surface area contributed by atoms with Gasteiger partial charge in [0.1, 0.15) is 0 Å². The Balaban J connectivity index is 0.886. The van der Waals surface area contributed by atoms with Crippen LogP contribution in [0.15, 0.2) is 255 Å². The average molecular weight is 839 g/mol. The van der Waals surface area contributed by atoms with Crippen LogP contribution >= 0.6 is 0 Å². The molecule has 0 saturated heterocycles. The third-order valence-corrected chi connectivity index (χ3v) is 13.6. The van der Waals surface area contributed by atoms with E-state index in [1.165, 1.54) is 104 Å². The van der Waals surface area contributed by atoms with E-state index in [9.17, 15) is 0 Å². The van der Waals surface area contributed by atoms with Gasteiger partial charge in [0, 0.05) is 33.5 Å². The van der Waals surface area contributed by atoms with Gasteiger partial charge in [-0.2, -0.15) is 0 Å². The number of aromatic nitrogens is 1. The molecule has 13 rings (SSSR count). The van der Waals surface area contributed by atoms with Gasteiger partial charge >= 0.3 is 0 Å². The van der Waals surface area contributed by atoms with Crippen molar-refractivity contribution in [2.45, 2.75) is 0 Å². The Hall–Kier alpha value is -8.72. The van der Waals surface area contributed by atoms with E-state index in [1.807, 2.05) is 0 Å². The van der Waals surface area contributed by atoms with Crippen LogP contribution in [-0.4, -0.2) is 4.57 Å². The third kappa shape index (κ3) is 6.42. The van der Waals surface area contributed by atoms with Crippen molar-refractivity contribution in [3.8, 4) is 39.1 Å². The topological polar surface area (TPSA) is 8.17 Å².